The van der Waals surface area contributed by atoms with Gasteiger partial charge in [0, 0.05) is 23.5 Å². The normalized spacial score (nSPS) is 17.1. The van der Waals surface area contributed by atoms with Crippen molar-refractivity contribution in [2.45, 2.75) is 19.3 Å². The number of para-hydroxylation sites is 1. The maximum atomic E-state index is 13.0. The molecule has 2 N–H and O–H groups in total. The van der Waals surface area contributed by atoms with Gasteiger partial charge in [0.2, 0.25) is 5.91 Å². The molecule has 2 aromatic carbocycles. The summed E-state index contributed by atoms with van der Waals surface area (Å²) in [6.07, 6.45) is 1.45. The lowest BCUT2D eigenvalue weighted by molar-refractivity contribution is -0.118. The number of nitrogen functional groups attached to an aromatic ring is 1. The quantitative estimate of drug-likeness (QED) is 0.852. The van der Waals surface area contributed by atoms with Crippen molar-refractivity contribution < 1.29 is 13.2 Å². The number of anilines is 3. The maximum Gasteiger partial charge on any atom is 0.231 e. The molecule has 1 heterocycles. The van der Waals surface area contributed by atoms with Gasteiger partial charge in [0.05, 0.1) is 11.5 Å². The van der Waals surface area contributed by atoms with Crippen LogP contribution in [0.4, 0.5) is 17.1 Å². The van der Waals surface area contributed by atoms with Crippen molar-refractivity contribution in [3.05, 3.63) is 54.6 Å². The molecular formula is C19H22N2O3S. The van der Waals surface area contributed by atoms with Gasteiger partial charge in [-0.3, -0.25) is 9.69 Å². The summed E-state index contributed by atoms with van der Waals surface area (Å²) >= 11 is 0. The topological polar surface area (TPSA) is 80.5 Å². The fourth-order valence-electron chi connectivity index (χ4n) is 3.12. The van der Waals surface area contributed by atoms with E-state index >= 15 is 0 Å². The minimum atomic E-state index is -2.92. The number of nitrogens with two attached hydrogens (primary N) is 1. The Morgan fingerprint density at radius 1 is 0.960 bits per heavy atom. The molecule has 0 bridgehead atoms. The van der Waals surface area contributed by atoms with Gasteiger partial charge in [-0.15, -0.1) is 0 Å². The number of rotatable bonds is 4. The van der Waals surface area contributed by atoms with Crippen molar-refractivity contribution in [3.63, 3.8) is 0 Å². The molecule has 2 aromatic rings. The Kier molecular flexibility index (Phi) is 5.08. The molecule has 5 nitrogen and oxygen atoms in total. The Morgan fingerprint density at radius 2 is 1.52 bits per heavy atom. The van der Waals surface area contributed by atoms with E-state index in [1.165, 1.54) is 0 Å². The second kappa shape index (κ2) is 7.27. The molecule has 6 heteroatoms. The molecular weight excluding hydrogens is 336 g/mol. The van der Waals surface area contributed by atoms with Gasteiger partial charge < -0.3 is 5.73 Å². The Balaban J connectivity index is 1.82. The lowest BCUT2D eigenvalue weighted by Gasteiger charge is -2.27. The maximum absolute atomic E-state index is 13.0. The highest BCUT2D eigenvalue weighted by Crippen LogP contribution is 2.30. The Hall–Kier alpha value is -2.34. The highest BCUT2D eigenvalue weighted by atomic mass is 32.2. The van der Waals surface area contributed by atoms with Gasteiger partial charge in [-0.2, -0.15) is 0 Å². The number of sulfone groups is 1. The SMILES string of the molecule is Nc1ccc(N(C(=O)CC2CCS(=O)(=O)CC2)c2ccccc2)cc1. The average molecular weight is 358 g/mol. The Bertz CT molecular complexity index is 819. The first-order chi connectivity index (χ1) is 11.9. The summed E-state index contributed by atoms with van der Waals surface area (Å²) in [6.45, 7) is 0. The molecule has 1 aliphatic heterocycles. The van der Waals surface area contributed by atoms with Gasteiger partial charge in [-0.25, -0.2) is 8.42 Å². The molecule has 1 saturated heterocycles. The summed E-state index contributed by atoms with van der Waals surface area (Å²) in [7, 11) is -2.92. The third-order valence-corrected chi connectivity index (χ3v) is 6.27. The van der Waals surface area contributed by atoms with E-state index in [1.807, 2.05) is 42.5 Å². The molecule has 0 unspecified atom stereocenters. The third kappa shape index (κ3) is 4.39. The zero-order chi connectivity index (χ0) is 17.9. The van der Waals surface area contributed by atoms with Crippen LogP contribution < -0.4 is 10.6 Å². The highest BCUT2D eigenvalue weighted by Gasteiger charge is 2.28. The van der Waals surface area contributed by atoms with E-state index in [0.29, 0.717) is 24.9 Å². The summed E-state index contributed by atoms with van der Waals surface area (Å²) in [5.41, 5.74) is 7.95. The van der Waals surface area contributed by atoms with Gasteiger partial charge in [0.15, 0.2) is 0 Å². The number of benzene rings is 2. The monoisotopic (exact) mass is 358 g/mol. The lowest BCUT2D eigenvalue weighted by Crippen LogP contribution is -2.31. The van der Waals surface area contributed by atoms with Gasteiger partial charge in [-0.1, -0.05) is 18.2 Å². The van der Waals surface area contributed by atoms with Gasteiger partial charge in [0.1, 0.15) is 9.84 Å². The van der Waals surface area contributed by atoms with Crippen LogP contribution in [0.15, 0.2) is 54.6 Å². The second-order valence-electron chi connectivity index (χ2n) is 6.46. The van der Waals surface area contributed by atoms with E-state index in [1.54, 1.807) is 17.0 Å². The number of nitrogens with zero attached hydrogens (tertiary/aromatic N) is 1. The first kappa shape index (κ1) is 17.5. The first-order valence-electron chi connectivity index (χ1n) is 8.38. The van der Waals surface area contributed by atoms with Gasteiger partial charge in [0.25, 0.3) is 0 Å². The van der Waals surface area contributed by atoms with Crippen molar-refractivity contribution in [1.29, 1.82) is 0 Å². The van der Waals surface area contributed by atoms with Crippen LogP contribution in [0.2, 0.25) is 0 Å². The van der Waals surface area contributed by atoms with Crippen molar-refractivity contribution in [2.75, 3.05) is 22.1 Å². The summed E-state index contributed by atoms with van der Waals surface area (Å²) in [4.78, 5) is 14.7. The molecule has 0 aliphatic carbocycles. The molecule has 1 aliphatic rings. The van der Waals surface area contributed by atoms with Crippen LogP contribution in [0.3, 0.4) is 0 Å². The van der Waals surface area contributed by atoms with Crippen molar-refractivity contribution in [1.82, 2.24) is 0 Å². The van der Waals surface area contributed by atoms with E-state index in [2.05, 4.69) is 0 Å². The molecule has 0 radical (unpaired) electrons. The lowest BCUT2D eigenvalue weighted by atomic mass is 9.97. The zero-order valence-corrected chi connectivity index (χ0v) is 14.8. The molecule has 25 heavy (non-hydrogen) atoms. The van der Waals surface area contributed by atoms with Crippen LogP contribution in [0, 0.1) is 5.92 Å². The summed E-state index contributed by atoms with van der Waals surface area (Å²) in [6, 6.07) is 16.6. The van der Waals surface area contributed by atoms with Crippen LogP contribution in [-0.2, 0) is 14.6 Å². The van der Waals surface area contributed by atoms with E-state index in [9.17, 15) is 13.2 Å². The standard InChI is InChI=1S/C19H22N2O3S/c20-16-6-8-18(9-7-16)21(17-4-2-1-3-5-17)19(22)14-15-10-12-25(23,24)13-11-15/h1-9,15H,10-14,20H2. The first-order valence-corrected chi connectivity index (χ1v) is 10.2. The largest absolute Gasteiger partial charge is 0.399 e. The number of hydrogen-bond acceptors (Lipinski definition) is 4. The Morgan fingerprint density at radius 3 is 2.12 bits per heavy atom. The van der Waals surface area contributed by atoms with Crippen LogP contribution in [-0.4, -0.2) is 25.8 Å². The second-order valence-corrected chi connectivity index (χ2v) is 8.76. The fourth-order valence-corrected chi connectivity index (χ4v) is 4.71. The smallest absolute Gasteiger partial charge is 0.231 e. The molecule has 0 spiro atoms. The van der Waals surface area contributed by atoms with Crippen molar-refractivity contribution >= 4 is 32.8 Å². The molecule has 0 atom stereocenters. The zero-order valence-electron chi connectivity index (χ0n) is 14.0. The fraction of sp³-hybridized carbons (Fsp3) is 0.316. The molecule has 1 amide bonds. The van der Waals surface area contributed by atoms with Crippen molar-refractivity contribution in [2.24, 2.45) is 5.92 Å². The number of hydrogen-bond donors (Lipinski definition) is 1. The predicted octanol–water partition coefficient (Wildman–Crippen LogP) is 3.15. The molecule has 132 valence electrons. The summed E-state index contributed by atoms with van der Waals surface area (Å²) in [5.74, 6) is 0.437. The van der Waals surface area contributed by atoms with Gasteiger partial charge >= 0.3 is 0 Å². The van der Waals surface area contributed by atoms with E-state index in [4.69, 9.17) is 5.73 Å². The van der Waals surface area contributed by atoms with Gasteiger partial charge in [-0.05, 0) is 55.2 Å². The van der Waals surface area contributed by atoms with E-state index in [-0.39, 0.29) is 23.3 Å². The highest BCUT2D eigenvalue weighted by molar-refractivity contribution is 7.91. The number of amides is 1. The van der Waals surface area contributed by atoms with E-state index in [0.717, 1.165) is 11.4 Å². The third-order valence-electron chi connectivity index (χ3n) is 4.55. The molecule has 3 rings (SSSR count). The van der Waals surface area contributed by atoms with Crippen LogP contribution in [0.25, 0.3) is 0 Å². The molecule has 1 fully saturated rings. The molecule has 0 saturated carbocycles. The van der Waals surface area contributed by atoms with Crippen LogP contribution in [0.5, 0.6) is 0 Å². The molecule has 0 aromatic heterocycles. The minimum Gasteiger partial charge on any atom is -0.399 e. The van der Waals surface area contributed by atoms with E-state index < -0.39 is 9.84 Å². The minimum absolute atomic E-state index is 0.0275. The summed E-state index contributed by atoms with van der Waals surface area (Å²) in [5, 5.41) is 0. The predicted molar refractivity (Wildman–Crippen MR) is 100 cm³/mol. The Labute approximate surface area is 148 Å². The van der Waals surface area contributed by atoms with Crippen LogP contribution in [0.1, 0.15) is 19.3 Å². The summed E-state index contributed by atoms with van der Waals surface area (Å²) < 4.78 is 23.2. The average Bonchev–Trinajstić information content (AvgIpc) is 2.60. The van der Waals surface area contributed by atoms with Crippen LogP contribution >= 0.6 is 0 Å². The number of carbonyl (C=O) groups is 1. The number of carbonyl (C=O) groups excluding carboxylic acids is 1. The van der Waals surface area contributed by atoms with Crippen molar-refractivity contribution in [3.8, 4) is 0 Å².